The molecule has 94 valence electrons. The molecular formula is C15H16O3. The van der Waals surface area contributed by atoms with Gasteiger partial charge in [0.2, 0.25) is 5.76 Å². The molecule has 0 aliphatic carbocycles. The van der Waals surface area contributed by atoms with Crippen LogP contribution in [0, 0.1) is 13.8 Å². The van der Waals surface area contributed by atoms with E-state index in [4.69, 9.17) is 4.42 Å². The molecule has 0 unspecified atom stereocenters. The van der Waals surface area contributed by atoms with E-state index < -0.39 is 5.97 Å². The molecule has 0 bridgehead atoms. The summed E-state index contributed by atoms with van der Waals surface area (Å²) in [6.07, 6.45) is 0.679. The van der Waals surface area contributed by atoms with Crippen LogP contribution in [-0.2, 0) is 11.2 Å². The van der Waals surface area contributed by atoms with Gasteiger partial charge in [0.15, 0.2) is 0 Å². The fourth-order valence-corrected chi connectivity index (χ4v) is 1.80. The molecule has 3 heteroatoms. The van der Waals surface area contributed by atoms with Gasteiger partial charge < -0.3 is 9.15 Å². The molecular weight excluding hydrogens is 228 g/mol. The highest BCUT2D eigenvalue weighted by molar-refractivity contribution is 5.86. The van der Waals surface area contributed by atoms with Crippen LogP contribution in [-0.4, -0.2) is 13.1 Å². The molecule has 1 aromatic carbocycles. The van der Waals surface area contributed by atoms with Gasteiger partial charge in [-0.1, -0.05) is 18.2 Å². The molecule has 18 heavy (non-hydrogen) atoms. The second kappa shape index (κ2) is 5.08. The summed E-state index contributed by atoms with van der Waals surface area (Å²) >= 11 is 0. The molecule has 0 saturated carbocycles. The summed E-state index contributed by atoms with van der Waals surface area (Å²) in [5.74, 6) is 0.566. The monoisotopic (exact) mass is 244 g/mol. The molecule has 0 aliphatic heterocycles. The number of methoxy groups -OCH3 is 1. The molecule has 2 rings (SSSR count). The van der Waals surface area contributed by atoms with Gasteiger partial charge in [-0.2, -0.15) is 0 Å². The summed E-state index contributed by atoms with van der Waals surface area (Å²) in [6, 6.07) is 9.75. The highest BCUT2D eigenvalue weighted by atomic mass is 16.5. The lowest BCUT2D eigenvalue weighted by Crippen LogP contribution is -1.98. The highest BCUT2D eigenvalue weighted by Crippen LogP contribution is 2.16. The second-order valence-corrected chi connectivity index (χ2v) is 4.35. The van der Waals surface area contributed by atoms with E-state index in [9.17, 15) is 4.79 Å². The van der Waals surface area contributed by atoms with Crippen molar-refractivity contribution in [3.63, 3.8) is 0 Å². The Balaban J connectivity index is 2.16. The summed E-state index contributed by atoms with van der Waals surface area (Å²) in [5, 5.41) is 0. The van der Waals surface area contributed by atoms with Crippen molar-refractivity contribution in [3.05, 3.63) is 58.5 Å². The van der Waals surface area contributed by atoms with Crippen LogP contribution in [0.3, 0.4) is 0 Å². The van der Waals surface area contributed by atoms with Crippen molar-refractivity contribution < 1.29 is 13.9 Å². The van der Waals surface area contributed by atoms with Crippen molar-refractivity contribution in [1.29, 1.82) is 0 Å². The minimum atomic E-state index is -0.443. The number of ether oxygens (including phenoxy) is 1. The quantitative estimate of drug-likeness (QED) is 0.778. The van der Waals surface area contributed by atoms with Gasteiger partial charge in [-0.25, -0.2) is 4.79 Å². The zero-order valence-electron chi connectivity index (χ0n) is 10.8. The largest absolute Gasteiger partial charge is 0.463 e. The Hall–Kier alpha value is -2.03. The first-order valence-electron chi connectivity index (χ1n) is 5.83. The summed E-state index contributed by atoms with van der Waals surface area (Å²) in [7, 11) is 1.34. The molecule has 0 saturated heterocycles. The molecule has 0 amide bonds. The fourth-order valence-electron chi connectivity index (χ4n) is 1.80. The highest BCUT2D eigenvalue weighted by Gasteiger charge is 2.11. The normalized spacial score (nSPS) is 10.4. The van der Waals surface area contributed by atoms with Gasteiger partial charge in [-0.15, -0.1) is 0 Å². The zero-order chi connectivity index (χ0) is 13.1. The lowest BCUT2D eigenvalue weighted by molar-refractivity contribution is 0.0563. The molecule has 2 aromatic rings. The molecule has 1 heterocycles. The van der Waals surface area contributed by atoms with Gasteiger partial charge in [0.25, 0.3) is 0 Å². The summed E-state index contributed by atoms with van der Waals surface area (Å²) in [4.78, 5) is 11.3. The van der Waals surface area contributed by atoms with Crippen LogP contribution in [0.2, 0.25) is 0 Å². The third-order valence-corrected chi connectivity index (χ3v) is 3.00. The lowest BCUT2D eigenvalue weighted by atomic mass is 10.0. The number of rotatable bonds is 3. The fraction of sp³-hybridized carbons (Fsp3) is 0.267. The van der Waals surface area contributed by atoms with Gasteiger partial charge in [0.1, 0.15) is 5.76 Å². The third kappa shape index (κ3) is 2.62. The van der Waals surface area contributed by atoms with Crippen molar-refractivity contribution in [2.45, 2.75) is 20.3 Å². The average molecular weight is 244 g/mol. The molecule has 0 spiro atoms. The smallest absolute Gasteiger partial charge is 0.373 e. The Morgan fingerprint density at radius 2 is 1.94 bits per heavy atom. The summed E-state index contributed by atoms with van der Waals surface area (Å²) < 4.78 is 10.0. The van der Waals surface area contributed by atoms with Gasteiger partial charge in [0.05, 0.1) is 7.11 Å². The van der Waals surface area contributed by atoms with Crippen LogP contribution >= 0.6 is 0 Å². The van der Waals surface area contributed by atoms with Crippen molar-refractivity contribution in [2.24, 2.45) is 0 Å². The molecule has 1 aromatic heterocycles. The van der Waals surface area contributed by atoms with Gasteiger partial charge in [0, 0.05) is 6.42 Å². The van der Waals surface area contributed by atoms with Gasteiger partial charge in [-0.05, 0) is 42.7 Å². The summed E-state index contributed by atoms with van der Waals surface area (Å²) in [5.41, 5.74) is 3.70. The predicted octanol–water partition coefficient (Wildman–Crippen LogP) is 3.27. The van der Waals surface area contributed by atoms with E-state index in [1.165, 1.54) is 23.8 Å². The van der Waals surface area contributed by atoms with Crippen LogP contribution in [0.1, 0.15) is 33.0 Å². The van der Waals surface area contributed by atoms with Crippen molar-refractivity contribution >= 4 is 5.97 Å². The number of hydrogen-bond donors (Lipinski definition) is 0. The zero-order valence-corrected chi connectivity index (χ0v) is 10.8. The number of furan rings is 1. The summed E-state index contributed by atoms with van der Waals surface area (Å²) in [6.45, 7) is 4.17. The number of benzene rings is 1. The van der Waals surface area contributed by atoms with E-state index in [0.29, 0.717) is 6.42 Å². The maximum atomic E-state index is 11.3. The van der Waals surface area contributed by atoms with Crippen molar-refractivity contribution in [3.8, 4) is 0 Å². The molecule has 0 atom stereocenters. The molecule has 0 aliphatic rings. The standard InChI is InChI=1S/C15H16O3/c1-10-4-5-12(8-11(10)2)9-13-6-7-14(18-13)15(16)17-3/h4-8H,9H2,1-3H3. The SMILES string of the molecule is COC(=O)c1ccc(Cc2ccc(C)c(C)c2)o1. The van der Waals surface area contributed by atoms with Crippen LogP contribution < -0.4 is 0 Å². The maximum Gasteiger partial charge on any atom is 0.373 e. The van der Waals surface area contributed by atoms with E-state index in [0.717, 1.165) is 5.76 Å². The number of hydrogen-bond acceptors (Lipinski definition) is 3. The molecule has 0 fully saturated rings. The van der Waals surface area contributed by atoms with E-state index in [2.05, 4.69) is 36.8 Å². The number of carbonyl (C=O) groups excluding carboxylic acids is 1. The number of aryl methyl sites for hydroxylation is 2. The third-order valence-electron chi connectivity index (χ3n) is 3.00. The van der Waals surface area contributed by atoms with Crippen LogP contribution in [0.5, 0.6) is 0 Å². The first-order valence-corrected chi connectivity index (χ1v) is 5.83. The minimum absolute atomic E-state index is 0.247. The van der Waals surface area contributed by atoms with Gasteiger partial charge >= 0.3 is 5.97 Å². The number of carbonyl (C=O) groups is 1. The van der Waals surface area contributed by atoms with E-state index in [-0.39, 0.29) is 5.76 Å². The van der Waals surface area contributed by atoms with Gasteiger partial charge in [-0.3, -0.25) is 0 Å². The van der Waals surface area contributed by atoms with E-state index in [1.54, 1.807) is 12.1 Å². The first kappa shape index (κ1) is 12.4. The molecule has 3 nitrogen and oxygen atoms in total. The van der Waals surface area contributed by atoms with E-state index in [1.807, 2.05) is 0 Å². The first-order chi connectivity index (χ1) is 8.60. The second-order valence-electron chi connectivity index (χ2n) is 4.35. The topological polar surface area (TPSA) is 39.4 Å². The molecule has 0 radical (unpaired) electrons. The lowest BCUT2D eigenvalue weighted by Gasteiger charge is -2.03. The van der Waals surface area contributed by atoms with Crippen molar-refractivity contribution in [2.75, 3.05) is 7.11 Å². The predicted molar refractivity (Wildman–Crippen MR) is 68.8 cm³/mol. The molecule has 0 N–H and O–H groups in total. The average Bonchev–Trinajstić information content (AvgIpc) is 2.81. The van der Waals surface area contributed by atoms with E-state index >= 15 is 0 Å². The Bertz CT molecular complexity index is 567. The Morgan fingerprint density at radius 3 is 2.61 bits per heavy atom. The van der Waals surface area contributed by atoms with Crippen LogP contribution in [0.4, 0.5) is 0 Å². The maximum absolute atomic E-state index is 11.3. The van der Waals surface area contributed by atoms with Crippen LogP contribution in [0.25, 0.3) is 0 Å². The Labute approximate surface area is 106 Å². The Kier molecular flexibility index (Phi) is 3.51. The number of esters is 1. The van der Waals surface area contributed by atoms with Crippen LogP contribution in [0.15, 0.2) is 34.7 Å². The minimum Gasteiger partial charge on any atom is -0.463 e. The Morgan fingerprint density at radius 1 is 1.17 bits per heavy atom. The van der Waals surface area contributed by atoms with Crippen molar-refractivity contribution in [1.82, 2.24) is 0 Å².